The van der Waals surface area contributed by atoms with Crippen LogP contribution in [0.2, 0.25) is 0 Å². The number of nitrogens with one attached hydrogen (secondary N) is 1. The number of nitrogens with two attached hydrogens (primary N) is 2. The Kier molecular flexibility index (Phi) is 3.42. The maximum atomic E-state index is 12.0. The van der Waals surface area contributed by atoms with Crippen LogP contribution in [0.15, 0.2) is 18.2 Å². The number of nitrogens with zero attached hydrogens (tertiary/aromatic N) is 2. The van der Waals surface area contributed by atoms with Gasteiger partial charge >= 0.3 is 0 Å². The molecule has 0 aliphatic heterocycles. The number of aryl methyl sites for hydroxylation is 1. The van der Waals surface area contributed by atoms with Gasteiger partial charge in [-0.1, -0.05) is 18.3 Å². The Morgan fingerprint density at radius 3 is 2.78 bits per heavy atom. The van der Waals surface area contributed by atoms with E-state index in [4.69, 9.17) is 11.5 Å². The first-order chi connectivity index (χ1) is 8.60. The average molecular weight is 263 g/mol. The van der Waals surface area contributed by atoms with Gasteiger partial charge in [0, 0.05) is 11.4 Å². The van der Waals surface area contributed by atoms with Gasteiger partial charge in [-0.15, -0.1) is 10.2 Å². The number of carbonyl (C=O) groups is 1. The van der Waals surface area contributed by atoms with Gasteiger partial charge in [0.2, 0.25) is 5.13 Å². The lowest BCUT2D eigenvalue weighted by Gasteiger charge is -2.05. The molecule has 0 spiro atoms. The predicted octanol–water partition coefficient (Wildman–Crippen LogP) is 1.52. The summed E-state index contributed by atoms with van der Waals surface area (Å²) in [5.41, 5.74) is 12.5. The van der Waals surface area contributed by atoms with Crippen LogP contribution in [0.4, 0.5) is 16.5 Å². The minimum Gasteiger partial charge on any atom is -0.399 e. The van der Waals surface area contributed by atoms with E-state index < -0.39 is 0 Å². The molecular formula is C11H13N5OS. The Hall–Kier alpha value is -2.15. The molecule has 5 N–H and O–H groups in total. The van der Waals surface area contributed by atoms with E-state index >= 15 is 0 Å². The summed E-state index contributed by atoms with van der Waals surface area (Å²) < 4.78 is 0. The second kappa shape index (κ2) is 5.01. The van der Waals surface area contributed by atoms with Crippen molar-refractivity contribution in [2.75, 3.05) is 16.8 Å². The number of anilines is 3. The average Bonchev–Trinajstić information content (AvgIpc) is 2.76. The SMILES string of the molecule is CCc1nnc(NC(=O)c2ccc(N)cc2N)s1. The van der Waals surface area contributed by atoms with Crippen molar-refractivity contribution in [1.82, 2.24) is 10.2 Å². The van der Waals surface area contributed by atoms with Gasteiger partial charge in [0.05, 0.1) is 5.56 Å². The van der Waals surface area contributed by atoms with Crippen LogP contribution in [0.3, 0.4) is 0 Å². The van der Waals surface area contributed by atoms with Crippen molar-refractivity contribution < 1.29 is 4.79 Å². The highest BCUT2D eigenvalue weighted by molar-refractivity contribution is 7.15. The summed E-state index contributed by atoms with van der Waals surface area (Å²) >= 11 is 1.35. The summed E-state index contributed by atoms with van der Waals surface area (Å²) in [6.07, 6.45) is 0.789. The van der Waals surface area contributed by atoms with Crippen molar-refractivity contribution in [3.05, 3.63) is 28.8 Å². The van der Waals surface area contributed by atoms with Crippen LogP contribution in [0.25, 0.3) is 0 Å². The number of hydrogen-bond acceptors (Lipinski definition) is 6. The van der Waals surface area contributed by atoms with Crippen molar-refractivity contribution in [1.29, 1.82) is 0 Å². The third-order valence-electron chi connectivity index (χ3n) is 2.31. The number of amides is 1. The van der Waals surface area contributed by atoms with Crippen LogP contribution in [0.5, 0.6) is 0 Å². The van der Waals surface area contributed by atoms with Crippen LogP contribution < -0.4 is 16.8 Å². The van der Waals surface area contributed by atoms with Crippen molar-refractivity contribution in [3.63, 3.8) is 0 Å². The third-order valence-corrected chi connectivity index (χ3v) is 3.29. The number of carbonyl (C=O) groups excluding carboxylic acids is 1. The highest BCUT2D eigenvalue weighted by Gasteiger charge is 2.12. The lowest BCUT2D eigenvalue weighted by atomic mass is 10.1. The van der Waals surface area contributed by atoms with Gasteiger partial charge in [-0.3, -0.25) is 10.1 Å². The van der Waals surface area contributed by atoms with E-state index in [0.717, 1.165) is 11.4 Å². The molecule has 0 aliphatic carbocycles. The molecule has 0 radical (unpaired) electrons. The zero-order valence-corrected chi connectivity index (χ0v) is 10.6. The Bertz CT molecular complexity index is 581. The van der Waals surface area contributed by atoms with E-state index in [9.17, 15) is 4.79 Å². The van der Waals surface area contributed by atoms with Gasteiger partial charge in [0.1, 0.15) is 5.01 Å². The van der Waals surface area contributed by atoms with Crippen molar-refractivity contribution >= 4 is 33.8 Å². The molecule has 2 rings (SSSR count). The molecule has 0 saturated carbocycles. The second-order valence-electron chi connectivity index (χ2n) is 3.66. The molecule has 18 heavy (non-hydrogen) atoms. The highest BCUT2D eigenvalue weighted by Crippen LogP contribution is 2.20. The topological polar surface area (TPSA) is 107 Å². The van der Waals surface area contributed by atoms with Gasteiger partial charge in [-0.25, -0.2) is 0 Å². The fraction of sp³-hybridized carbons (Fsp3) is 0.182. The van der Waals surface area contributed by atoms with Crippen molar-refractivity contribution in [2.45, 2.75) is 13.3 Å². The van der Waals surface area contributed by atoms with Gasteiger partial charge < -0.3 is 11.5 Å². The molecule has 0 bridgehead atoms. The van der Waals surface area contributed by atoms with Crippen LogP contribution in [-0.4, -0.2) is 16.1 Å². The van der Waals surface area contributed by atoms with Crippen LogP contribution in [-0.2, 0) is 6.42 Å². The first-order valence-electron chi connectivity index (χ1n) is 5.39. The Morgan fingerprint density at radius 1 is 1.39 bits per heavy atom. The highest BCUT2D eigenvalue weighted by atomic mass is 32.1. The minimum atomic E-state index is -0.314. The molecule has 94 valence electrons. The largest absolute Gasteiger partial charge is 0.399 e. The molecule has 1 aromatic carbocycles. The Morgan fingerprint density at radius 2 is 2.17 bits per heavy atom. The van der Waals surface area contributed by atoms with Crippen molar-refractivity contribution in [2.24, 2.45) is 0 Å². The third kappa shape index (κ3) is 2.57. The van der Waals surface area contributed by atoms with E-state index in [0.29, 0.717) is 22.1 Å². The Balaban J connectivity index is 2.16. The smallest absolute Gasteiger partial charge is 0.259 e. The molecule has 6 nitrogen and oxygen atoms in total. The second-order valence-corrected chi connectivity index (χ2v) is 4.72. The van der Waals surface area contributed by atoms with Gasteiger partial charge in [-0.05, 0) is 24.6 Å². The normalized spacial score (nSPS) is 10.3. The molecule has 0 unspecified atom stereocenters. The van der Waals surface area contributed by atoms with Gasteiger partial charge in [0.15, 0.2) is 0 Å². The summed E-state index contributed by atoms with van der Waals surface area (Å²) in [4.78, 5) is 12.0. The standard InChI is InChI=1S/C11H13N5OS/c1-2-9-15-16-11(18-9)14-10(17)7-4-3-6(12)5-8(7)13/h3-5H,2,12-13H2,1H3,(H,14,16,17). The molecule has 1 heterocycles. The lowest BCUT2D eigenvalue weighted by molar-refractivity contribution is 0.102. The number of nitrogen functional groups attached to an aromatic ring is 2. The van der Waals surface area contributed by atoms with Crippen molar-refractivity contribution in [3.8, 4) is 0 Å². The fourth-order valence-corrected chi connectivity index (χ4v) is 2.07. The number of hydrogen-bond donors (Lipinski definition) is 3. The summed E-state index contributed by atoms with van der Waals surface area (Å²) in [5, 5.41) is 11.8. The molecule has 1 aromatic heterocycles. The zero-order valence-electron chi connectivity index (χ0n) is 9.80. The monoisotopic (exact) mass is 263 g/mol. The maximum Gasteiger partial charge on any atom is 0.259 e. The number of benzene rings is 1. The number of aromatic nitrogens is 2. The maximum absolute atomic E-state index is 12.0. The minimum absolute atomic E-state index is 0.314. The summed E-state index contributed by atoms with van der Waals surface area (Å²) in [6, 6.07) is 4.76. The van der Waals surface area contributed by atoms with E-state index in [1.165, 1.54) is 11.3 Å². The molecule has 2 aromatic rings. The van der Waals surface area contributed by atoms with E-state index in [-0.39, 0.29) is 5.91 Å². The molecule has 1 amide bonds. The van der Waals surface area contributed by atoms with Crippen LogP contribution in [0, 0.1) is 0 Å². The quantitative estimate of drug-likeness (QED) is 0.728. The van der Waals surface area contributed by atoms with E-state index in [2.05, 4.69) is 15.5 Å². The molecule has 7 heteroatoms. The molecule has 0 saturated heterocycles. The first kappa shape index (κ1) is 12.3. The molecule has 0 fully saturated rings. The van der Waals surface area contributed by atoms with Gasteiger partial charge in [-0.2, -0.15) is 0 Å². The lowest BCUT2D eigenvalue weighted by Crippen LogP contribution is -2.14. The van der Waals surface area contributed by atoms with Crippen LogP contribution in [0.1, 0.15) is 22.3 Å². The Labute approximate surface area is 108 Å². The zero-order chi connectivity index (χ0) is 13.1. The summed E-state index contributed by atoms with van der Waals surface area (Å²) in [5.74, 6) is -0.314. The first-order valence-corrected chi connectivity index (χ1v) is 6.20. The van der Waals surface area contributed by atoms with E-state index in [1.54, 1.807) is 18.2 Å². The van der Waals surface area contributed by atoms with Crippen LogP contribution >= 0.6 is 11.3 Å². The molecule has 0 aliphatic rings. The predicted molar refractivity (Wildman–Crippen MR) is 72.5 cm³/mol. The summed E-state index contributed by atoms with van der Waals surface area (Å²) in [7, 11) is 0. The number of rotatable bonds is 3. The van der Waals surface area contributed by atoms with E-state index in [1.807, 2.05) is 6.92 Å². The van der Waals surface area contributed by atoms with Gasteiger partial charge in [0.25, 0.3) is 5.91 Å². The summed E-state index contributed by atoms with van der Waals surface area (Å²) in [6.45, 7) is 1.98. The molecular weight excluding hydrogens is 250 g/mol. The molecule has 0 atom stereocenters. The fourth-order valence-electron chi connectivity index (χ4n) is 1.40.